The van der Waals surface area contributed by atoms with Crippen molar-refractivity contribution in [2.45, 2.75) is 211 Å². The van der Waals surface area contributed by atoms with Crippen LogP contribution in [0.3, 0.4) is 0 Å². The molecule has 0 aromatic heterocycles. The first-order valence-corrected chi connectivity index (χ1v) is 27.2. The minimum atomic E-state index is -5.60. The number of allylic oxidation sites excluding steroid dienone is 4. The SMILES string of the molecule is CCCC=CCC=CCCCCCCCC(=O)O[C@H](COC(=O)CCCCCCCCCCCCCCC)COP(=O)(O)O[C@H]1C(O)C(O)C(OP(=O)(O)O)[C@@H](OP(=O)(O)O)C1O. The number of aliphatic hydroxyl groups is 3. The van der Waals surface area contributed by atoms with E-state index in [-0.39, 0.29) is 12.8 Å². The number of phosphoric acid groups is 3. The van der Waals surface area contributed by atoms with Crippen LogP contribution in [0.15, 0.2) is 24.3 Å². The predicted molar refractivity (Wildman–Crippen MR) is 234 cm³/mol. The number of carbonyl (C=O) groups is 2. The molecule has 0 radical (unpaired) electrons. The lowest BCUT2D eigenvalue weighted by Gasteiger charge is -2.44. The maximum atomic E-state index is 13.1. The second-order valence-electron chi connectivity index (χ2n) is 16.0. The van der Waals surface area contributed by atoms with Crippen molar-refractivity contribution in [3.05, 3.63) is 24.3 Å². The van der Waals surface area contributed by atoms with Crippen LogP contribution in [-0.2, 0) is 50.9 Å². The molecule has 19 nitrogen and oxygen atoms in total. The molecule has 1 saturated carbocycles. The van der Waals surface area contributed by atoms with Crippen LogP contribution in [0.4, 0.5) is 0 Å². The van der Waals surface area contributed by atoms with Gasteiger partial charge in [-0.2, -0.15) is 0 Å². The largest absolute Gasteiger partial charge is 0.472 e. The number of rotatable bonds is 38. The average Bonchev–Trinajstić information content (AvgIpc) is 3.20. The van der Waals surface area contributed by atoms with E-state index in [0.717, 1.165) is 77.0 Å². The van der Waals surface area contributed by atoms with Crippen molar-refractivity contribution in [1.29, 1.82) is 0 Å². The second kappa shape index (κ2) is 34.0. The van der Waals surface area contributed by atoms with Gasteiger partial charge in [0.2, 0.25) is 0 Å². The van der Waals surface area contributed by atoms with Crippen LogP contribution in [0.1, 0.15) is 168 Å². The minimum absolute atomic E-state index is 0.0160. The normalized spacial score (nSPS) is 22.4. The van der Waals surface area contributed by atoms with E-state index in [4.69, 9.17) is 18.5 Å². The third-order valence-corrected chi connectivity index (χ3v) is 12.3. The molecular weight excluding hydrogens is 889 g/mol. The lowest BCUT2D eigenvalue weighted by molar-refractivity contribution is -0.213. The topological polar surface area (TPSA) is 303 Å². The summed E-state index contributed by atoms with van der Waals surface area (Å²) in [7, 11) is -16.6. The number of ether oxygens (including phenoxy) is 2. The van der Waals surface area contributed by atoms with E-state index < -0.39 is 91.3 Å². The number of phosphoric ester groups is 3. The van der Waals surface area contributed by atoms with Crippen molar-refractivity contribution in [1.82, 2.24) is 0 Å². The Morgan fingerprint density at radius 3 is 1.46 bits per heavy atom. The maximum absolute atomic E-state index is 13.1. The second-order valence-corrected chi connectivity index (χ2v) is 19.8. The molecule has 0 amide bonds. The molecule has 8 N–H and O–H groups in total. The molecule has 1 fully saturated rings. The molecule has 5 unspecified atom stereocenters. The molecule has 0 bridgehead atoms. The first-order valence-electron chi connectivity index (χ1n) is 22.6. The first-order chi connectivity index (χ1) is 29.8. The Hall–Kier alpha value is -1.37. The highest BCUT2D eigenvalue weighted by molar-refractivity contribution is 7.47. The van der Waals surface area contributed by atoms with Crippen molar-refractivity contribution in [3.8, 4) is 0 Å². The van der Waals surface area contributed by atoms with E-state index >= 15 is 0 Å². The Balaban J connectivity index is 2.77. The van der Waals surface area contributed by atoms with Gasteiger partial charge in [0.1, 0.15) is 43.2 Å². The van der Waals surface area contributed by atoms with Gasteiger partial charge in [0, 0.05) is 12.8 Å². The molecule has 0 aromatic carbocycles. The Morgan fingerprint density at radius 2 is 0.952 bits per heavy atom. The third kappa shape index (κ3) is 30.5. The van der Waals surface area contributed by atoms with Crippen molar-refractivity contribution in [3.63, 3.8) is 0 Å². The minimum Gasteiger partial charge on any atom is -0.462 e. The molecule has 0 heterocycles. The van der Waals surface area contributed by atoms with E-state index in [1.165, 1.54) is 51.4 Å². The zero-order chi connectivity index (χ0) is 47.2. The summed E-state index contributed by atoms with van der Waals surface area (Å²) in [5.74, 6) is -1.31. The molecule has 0 saturated heterocycles. The van der Waals surface area contributed by atoms with Crippen molar-refractivity contribution < 1.29 is 90.6 Å². The highest BCUT2D eigenvalue weighted by Crippen LogP contribution is 2.51. The summed E-state index contributed by atoms with van der Waals surface area (Å²) >= 11 is 0. The van der Waals surface area contributed by atoms with Gasteiger partial charge >= 0.3 is 35.4 Å². The van der Waals surface area contributed by atoms with E-state index in [0.29, 0.717) is 12.8 Å². The fraction of sp³-hybridized carbons (Fsp3) is 0.854. The number of hydrogen-bond donors (Lipinski definition) is 8. The fourth-order valence-corrected chi connectivity index (χ4v) is 8.95. The summed E-state index contributed by atoms with van der Waals surface area (Å²) in [6.07, 6.45) is 15.0. The van der Waals surface area contributed by atoms with Gasteiger partial charge < -0.3 is 49.3 Å². The van der Waals surface area contributed by atoms with E-state index in [1.54, 1.807) is 0 Å². The van der Waals surface area contributed by atoms with Gasteiger partial charge in [-0.1, -0.05) is 141 Å². The van der Waals surface area contributed by atoms with E-state index in [9.17, 15) is 63.1 Å². The van der Waals surface area contributed by atoms with Crippen molar-refractivity contribution in [2.75, 3.05) is 13.2 Å². The van der Waals surface area contributed by atoms with E-state index in [1.807, 2.05) is 0 Å². The zero-order valence-electron chi connectivity index (χ0n) is 37.1. The average molecular weight is 967 g/mol. The number of esters is 2. The van der Waals surface area contributed by atoms with Crippen LogP contribution in [0.2, 0.25) is 0 Å². The van der Waals surface area contributed by atoms with Crippen molar-refractivity contribution in [2.24, 2.45) is 0 Å². The molecule has 1 aliphatic carbocycles. The van der Waals surface area contributed by atoms with Crippen LogP contribution in [0.5, 0.6) is 0 Å². The van der Waals surface area contributed by atoms with Crippen LogP contribution in [-0.4, -0.2) is 108 Å². The lowest BCUT2D eigenvalue weighted by atomic mass is 9.85. The quantitative estimate of drug-likeness (QED) is 0.0128. The summed E-state index contributed by atoms with van der Waals surface area (Å²) in [5, 5.41) is 31.8. The summed E-state index contributed by atoms with van der Waals surface area (Å²) in [6, 6.07) is 0. The highest BCUT2D eigenvalue weighted by atomic mass is 31.2. The summed E-state index contributed by atoms with van der Waals surface area (Å²) in [6.45, 7) is 2.85. The van der Waals surface area contributed by atoms with Gasteiger partial charge in [-0.15, -0.1) is 0 Å². The maximum Gasteiger partial charge on any atom is 0.472 e. The van der Waals surface area contributed by atoms with Crippen LogP contribution in [0.25, 0.3) is 0 Å². The summed E-state index contributed by atoms with van der Waals surface area (Å²) in [5.41, 5.74) is 0. The van der Waals surface area contributed by atoms with Gasteiger partial charge in [0.25, 0.3) is 0 Å². The van der Waals surface area contributed by atoms with Gasteiger partial charge in [-0.25, -0.2) is 13.7 Å². The lowest BCUT2D eigenvalue weighted by Crippen LogP contribution is -2.65. The molecule has 1 rings (SSSR count). The molecule has 0 spiro atoms. The van der Waals surface area contributed by atoms with E-state index in [2.05, 4.69) is 47.2 Å². The molecule has 8 atom stereocenters. The predicted octanol–water partition coefficient (Wildman–Crippen LogP) is 7.51. The zero-order valence-corrected chi connectivity index (χ0v) is 39.8. The first kappa shape index (κ1) is 59.6. The summed E-state index contributed by atoms with van der Waals surface area (Å²) < 4.78 is 65.3. The van der Waals surface area contributed by atoms with Crippen molar-refractivity contribution >= 4 is 35.4 Å². The molecule has 1 aliphatic rings. The molecule has 0 aliphatic heterocycles. The van der Waals surface area contributed by atoms with Gasteiger partial charge in [-0.05, 0) is 38.5 Å². The smallest absolute Gasteiger partial charge is 0.462 e. The Kier molecular flexibility index (Phi) is 32.2. The number of carbonyl (C=O) groups excluding carboxylic acids is 2. The fourth-order valence-electron chi connectivity index (χ4n) is 6.86. The summed E-state index contributed by atoms with van der Waals surface area (Å²) in [4.78, 5) is 73.0. The van der Waals surface area contributed by atoms with Gasteiger partial charge in [0.05, 0.1) is 6.61 Å². The van der Waals surface area contributed by atoms with Crippen LogP contribution >= 0.6 is 23.5 Å². The number of hydrogen-bond acceptors (Lipinski definition) is 14. The monoisotopic (exact) mass is 966 g/mol. The molecular formula is C41H77O19P3. The highest BCUT2D eigenvalue weighted by Gasteiger charge is 2.56. The van der Waals surface area contributed by atoms with Gasteiger partial charge in [0.15, 0.2) is 6.10 Å². The molecule has 63 heavy (non-hydrogen) atoms. The van der Waals surface area contributed by atoms with Crippen LogP contribution < -0.4 is 0 Å². The Labute approximate surface area is 373 Å². The van der Waals surface area contributed by atoms with Gasteiger partial charge in [-0.3, -0.25) is 27.7 Å². The third-order valence-electron chi connectivity index (χ3n) is 10.2. The molecule has 0 aromatic rings. The Morgan fingerprint density at radius 1 is 0.508 bits per heavy atom. The van der Waals surface area contributed by atoms with Crippen LogP contribution in [0, 0.1) is 0 Å². The molecule has 22 heteroatoms. The Bertz CT molecular complexity index is 1440. The number of aliphatic hydroxyl groups excluding tert-OH is 3. The standard InChI is InChI=1S/C41H77O19P3/c1-3-5-7-9-11-13-15-17-19-21-23-25-27-29-34(42)55-31-33(57-35(43)30-28-26-24-22-20-18-16-14-12-10-8-6-4-2)32-56-63(53,54)60-39-36(44)37(45)40(58-61(47,48)49)41(38(39)46)59-62(50,51)52/h8,10,14,16,33,36-41,44-46H,3-7,9,11-13,15,17-32H2,1-2H3,(H,53,54)(H2,47,48,49)(H2,50,51,52)/t33-,36?,37?,38?,39+,40?,41+/m1/s1. The molecule has 370 valence electrons. The number of unbranched alkanes of at least 4 members (excludes halogenated alkanes) is 18.